The lowest BCUT2D eigenvalue weighted by atomic mass is 9.95. The number of primary amides is 1. The molecule has 1 aliphatic rings. The van der Waals surface area contributed by atoms with Crippen LogP contribution in [0, 0.1) is 0 Å². The minimum atomic E-state index is -0.747. The van der Waals surface area contributed by atoms with Gasteiger partial charge in [-0.25, -0.2) is 10.2 Å². The molecule has 2 atom stereocenters. The quantitative estimate of drug-likeness (QED) is 0.485. The van der Waals surface area contributed by atoms with Gasteiger partial charge in [0.2, 0.25) is 0 Å². The molecule has 0 saturated carbocycles. The van der Waals surface area contributed by atoms with Crippen molar-refractivity contribution in [1.29, 1.82) is 0 Å². The zero-order valence-electron chi connectivity index (χ0n) is 10.5. The van der Waals surface area contributed by atoms with Gasteiger partial charge in [-0.3, -0.25) is 4.79 Å². The smallest absolute Gasteiger partial charge is 0.332 e. The second kappa shape index (κ2) is 5.51. The molecule has 2 amide bonds. The van der Waals surface area contributed by atoms with Crippen molar-refractivity contribution in [1.82, 2.24) is 5.43 Å². The van der Waals surface area contributed by atoms with Gasteiger partial charge in [0.25, 0.3) is 0 Å². The minimum Gasteiger partial charge on any atom is -0.456 e. The van der Waals surface area contributed by atoms with Crippen LogP contribution in [0.25, 0.3) is 0 Å². The molecular formula is C13H15N3O3. The summed E-state index contributed by atoms with van der Waals surface area (Å²) in [6.07, 6.45) is 0.0862. The Bertz CT molecular complexity index is 513. The lowest BCUT2D eigenvalue weighted by molar-refractivity contribution is -0.140. The zero-order valence-corrected chi connectivity index (χ0v) is 10.5. The Hall–Kier alpha value is -2.37. The van der Waals surface area contributed by atoms with Crippen LogP contribution in [0.4, 0.5) is 4.79 Å². The van der Waals surface area contributed by atoms with Gasteiger partial charge in [0, 0.05) is 6.42 Å². The summed E-state index contributed by atoms with van der Waals surface area (Å²) in [4.78, 5) is 22.4. The van der Waals surface area contributed by atoms with Gasteiger partial charge in [-0.15, -0.1) is 0 Å². The van der Waals surface area contributed by atoms with Crippen molar-refractivity contribution in [2.45, 2.75) is 25.4 Å². The normalized spacial score (nSPS) is 23.0. The summed E-state index contributed by atoms with van der Waals surface area (Å²) >= 11 is 0. The Morgan fingerprint density at radius 3 is 2.74 bits per heavy atom. The summed E-state index contributed by atoms with van der Waals surface area (Å²) in [7, 11) is 0. The molecule has 6 heteroatoms. The maximum atomic E-state index is 11.8. The molecule has 3 N–H and O–H groups in total. The van der Waals surface area contributed by atoms with Gasteiger partial charge in [-0.2, -0.15) is 5.10 Å². The Morgan fingerprint density at radius 1 is 1.42 bits per heavy atom. The van der Waals surface area contributed by atoms with E-state index < -0.39 is 12.1 Å². The summed E-state index contributed by atoms with van der Waals surface area (Å²) in [5.74, 6) is -0.560. The van der Waals surface area contributed by atoms with Crippen molar-refractivity contribution in [2.24, 2.45) is 10.8 Å². The summed E-state index contributed by atoms with van der Waals surface area (Å²) in [5.41, 5.74) is 8.49. The number of benzene rings is 1. The number of nitrogens with two attached hydrogens (primary N) is 1. The van der Waals surface area contributed by atoms with E-state index in [4.69, 9.17) is 10.5 Å². The number of hydrogen-bond acceptors (Lipinski definition) is 4. The minimum absolute atomic E-state index is 0.273. The molecule has 1 aromatic rings. The zero-order chi connectivity index (χ0) is 13.8. The predicted octanol–water partition coefficient (Wildman–Crippen LogP) is 1.13. The molecule has 0 radical (unpaired) electrons. The van der Waals surface area contributed by atoms with Crippen LogP contribution in [0.5, 0.6) is 0 Å². The van der Waals surface area contributed by atoms with Crippen LogP contribution in [-0.2, 0) is 9.53 Å². The van der Waals surface area contributed by atoms with E-state index >= 15 is 0 Å². The number of nitrogens with one attached hydrogen (secondary N) is 1. The van der Waals surface area contributed by atoms with Gasteiger partial charge in [-0.1, -0.05) is 30.3 Å². The average Bonchev–Trinajstić information content (AvgIpc) is 2.79. The number of hydrazone groups is 1. The fourth-order valence-electron chi connectivity index (χ4n) is 2.01. The van der Waals surface area contributed by atoms with Crippen molar-refractivity contribution in [3.8, 4) is 0 Å². The number of carbonyl (C=O) groups is 2. The largest absolute Gasteiger partial charge is 0.456 e. The molecule has 2 unspecified atom stereocenters. The number of amides is 2. The van der Waals surface area contributed by atoms with Crippen molar-refractivity contribution in [2.75, 3.05) is 0 Å². The average molecular weight is 261 g/mol. The second-order valence-electron chi connectivity index (χ2n) is 4.35. The van der Waals surface area contributed by atoms with E-state index in [0.717, 1.165) is 5.56 Å². The molecule has 6 nitrogen and oxygen atoms in total. The Labute approximate surface area is 110 Å². The fourth-order valence-corrected chi connectivity index (χ4v) is 2.01. The van der Waals surface area contributed by atoms with E-state index in [1.807, 2.05) is 30.3 Å². The number of esters is 1. The summed E-state index contributed by atoms with van der Waals surface area (Å²) < 4.78 is 5.26. The third-order valence-corrected chi connectivity index (χ3v) is 3.00. The predicted molar refractivity (Wildman–Crippen MR) is 69.5 cm³/mol. The maximum absolute atomic E-state index is 11.8. The van der Waals surface area contributed by atoms with E-state index in [9.17, 15) is 9.59 Å². The van der Waals surface area contributed by atoms with Crippen LogP contribution < -0.4 is 11.2 Å². The summed E-state index contributed by atoms with van der Waals surface area (Å²) in [5, 5.41) is 3.78. The van der Waals surface area contributed by atoms with Crippen molar-refractivity contribution in [3.05, 3.63) is 35.9 Å². The van der Waals surface area contributed by atoms with Gasteiger partial charge in [0.1, 0.15) is 6.10 Å². The van der Waals surface area contributed by atoms with Crippen LogP contribution in [-0.4, -0.2) is 23.8 Å². The Kier molecular flexibility index (Phi) is 3.79. The van der Waals surface area contributed by atoms with Crippen LogP contribution >= 0.6 is 0 Å². The molecule has 0 bridgehead atoms. The van der Waals surface area contributed by atoms with Gasteiger partial charge in [-0.05, 0) is 12.5 Å². The van der Waals surface area contributed by atoms with Gasteiger partial charge in [0.05, 0.1) is 11.6 Å². The maximum Gasteiger partial charge on any atom is 0.332 e. The third kappa shape index (κ3) is 3.09. The van der Waals surface area contributed by atoms with Crippen LogP contribution in [0.2, 0.25) is 0 Å². The molecule has 0 spiro atoms. The molecule has 2 rings (SSSR count). The molecule has 1 saturated heterocycles. The van der Waals surface area contributed by atoms with Crippen molar-refractivity contribution in [3.63, 3.8) is 0 Å². The Morgan fingerprint density at radius 2 is 2.11 bits per heavy atom. The van der Waals surface area contributed by atoms with Gasteiger partial charge < -0.3 is 10.5 Å². The lowest BCUT2D eigenvalue weighted by Crippen LogP contribution is -2.28. The van der Waals surface area contributed by atoms with Crippen LogP contribution in [0.3, 0.4) is 0 Å². The summed E-state index contributed by atoms with van der Waals surface area (Å²) in [6, 6.07) is 8.69. The second-order valence-corrected chi connectivity index (χ2v) is 4.35. The summed E-state index contributed by atoms with van der Waals surface area (Å²) in [6.45, 7) is 1.68. The Balaban J connectivity index is 2.07. The molecule has 100 valence electrons. The van der Waals surface area contributed by atoms with Crippen molar-refractivity contribution < 1.29 is 14.3 Å². The van der Waals surface area contributed by atoms with Crippen LogP contribution in [0.15, 0.2) is 35.4 Å². The highest BCUT2D eigenvalue weighted by atomic mass is 16.6. The highest BCUT2D eigenvalue weighted by Gasteiger charge is 2.36. The number of nitrogens with zero attached hydrogens (tertiary/aromatic N) is 1. The van der Waals surface area contributed by atoms with E-state index in [1.165, 1.54) is 0 Å². The topological polar surface area (TPSA) is 93.8 Å². The van der Waals surface area contributed by atoms with E-state index in [0.29, 0.717) is 12.1 Å². The number of cyclic esters (lactones) is 1. The molecule has 1 aromatic carbocycles. The van der Waals surface area contributed by atoms with Gasteiger partial charge >= 0.3 is 12.0 Å². The SMILES string of the molecule is C/C(=N\NC(N)=O)C1CC(c2ccccc2)C(=O)O1. The number of hydrogen-bond donors (Lipinski definition) is 2. The fraction of sp³-hybridized carbons (Fsp3) is 0.308. The highest BCUT2D eigenvalue weighted by Crippen LogP contribution is 2.31. The first-order valence-corrected chi connectivity index (χ1v) is 5.93. The molecule has 0 aliphatic carbocycles. The van der Waals surface area contributed by atoms with E-state index in [-0.39, 0.29) is 11.9 Å². The lowest BCUT2D eigenvalue weighted by Gasteiger charge is -2.07. The van der Waals surface area contributed by atoms with E-state index in [2.05, 4.69) is 10.5 Å². The number of carbonyl (C=O) groups excluding carboxylic acids is 2. The van der Waals surface area contributed by atoms with Crippen molar-refractivity contribution >= 4 is 17.7 Å². The molecule has 19 heavy (non-hydrogen) atoms. The van der Waals surface area contributed by atoms with Crippen LogP contribution in [0.1, 0.15) is 24.8 Å². The number of urea groups is 1. The number of ether oxygens (including phenoxy) is 1. The van der Waals surface area contributed by atoms with Gasteiger partial charge in [0.15, 0.2) is 0 Å². The molecule has 1 heterocycles. The first-order chi connectivity index (χ1) is 9.08. The van der Waals surface area contributed by atoms with E-state index in [1.54, 1.807) is 6.92 Å². The molecule has 0 aromatic heterocycles. The first-order valence-electron chi connectivity index (χ1n) is 5.93. The monoisotopic (exact) mass is 261 g/mol. The highest BCUT2D eigenvalue weighted by molar-refractivity contribution is 5.93. The molecule has 1 fully saturated rings. The molecular weight excluding hydrogens is 246 g/mol. The third-order valence-electron chi connectivity index (χ3n) is 3.00. The standard InChI is InChI=1S/C13H15N3O3/c1-8(15-16-13(14)18)11-7-10(12(17)19-11)9-5-3-2-4-6-9/h2-6,10-11H,7H2,1H3,(H3,14,16,18)/b15-8+. The number of rotatable bonds is 3. The first kappa shape index (κ1) is 13.1. The molecule has 1 aliphatic heterocycles.